The van der Waals surface area contributed by atoms with Crippen molar-refractivity contribution in [2.45, 2.75) is 82.1 Å². The summed E-state index contributed by atoms with van der Waals surface area (Å²) in [5.41, 5.74) is 5.42. The zero-order valence-electron chi connectivity index (χ0n) is 29.4. The first-order valence-corrected chi connectivity index (χ1v) is 18.5. The summed E-state index contributed by atoms with van der Waals surface area (Å²) in [6.45, 7) is 2.03. The number of piperidine rings is 2. The lowest BCUT2D eigenvalue weighted by atomic mass is 9.90. The fourth-order valence-electron chi connectivity index (χ4n) is 7.94. The Balaban J connectivity index is 0.848. The number of fused-ring (bicyclic) bond motifs is 2. The number of carbonyl (C=O) groups is 3. The highest BCUT2D eigenvalue weighted by atomic mass is 16.2. The Morgan fingerprint density at radius 2 is 1.68 bits per heavy atom. The van der Waals surface area contributed by atoms with Gasteiger partial charge in [-0.3, -0.25) is 24.7 Å². The average molecular weight is 714 g/mol. The largest absolute Gasteiger partial charge is 0.387 e. The SMILES string of the molecule is N=C/C(=C\NC1CCN(c2ccnc(NC3CCCC(Nc4cccc5c4CN(C4CCC(=O)NC4=O)C5=O)C3)n2)CC1)c1cnc2ccccc2n1. The fraction of sp³-hybridized carbons (Fsp3) is 0.385. The van der Waals surface area contributed by atoms with E-state index >= 15 is 0 Å². The Hall–Kier alpha value is -5.92. The molecule has 14 nitrogen and oxygen atoms in total. The van der Waals surface area contributed by atoms with Gasteiger partial charge in [0.1, 0.15) is 11.9 Å². The summed E-state index contributed by atoms with van der Waals surface area (Å²) in [6, 6.07) is 15.4. The van der Waals surface area contributed by atoms with Crippen molar-refractivity contribution in [2.75, 3.05) is 28.6 Å². The van der Waals surface area contributed by atoms with Gasteiger partial charge in [-0.1, -0.05) is 18.2 Å². The topological polar surface area (TPSA) is 181 Å². The van der Waals surface area contributed by atoms with Gasteiger partial charge in [0.15, 0.2) is 0 Å². The second kappa shape index (κ2) is 15.0. The van der Waals surface area contributed by atoms with Crippen LogP contribution in [0.15, 0.2) is 67.1 Å². The van der Waals surface area contributed by atoms with Crippen molar-refractivity contribution in [2.24, 2.45) is 0 Å². The van der Waals surface area contributed by atoms with Crippen LogP contribution < -0.4 is 26.2 Å². The van der Waals surface area contributed by atoms with Gasteiger partial charge >= 0.3 is 0 Å². The highest BCUT2D eigenvalue weighted by Crippen LogP contribution is 2.34. The Morgan fingerprint density at radius 1 is 0.868 bits per heavy atom. The molecule has 3 fully saturated rings. The van der Waals surface area contributed by atoms with Crippen LogP contribution in [0.25, 0.3) is 16.6 Å². The minimum atomic E-state index is -0.636. The molecule has 8 rings (SSSR count). The van der Waals surface area contributed by atoms with Crippen molar-refractivity contribution < 1.29 is 14.4 Å². The third-order valence-corrected chi connectivity index (χ3v) is 10.8. The summed E-state index contributed by atoms with van der Waals surface area (Å²) in [5.74, 6) is 0.663. The smallest absolute Gasteiger partial charge is 0.255 e. The molecule has 2 aromatic heterocycles. The number of rotatable bonds is 10. The Kier molecular flexibility index (Phi) is 9.66. The van der Waals surface area contributed by atoms with Crippen molar-refractivity contribution in [3.63, 3.8) is 0 Å². The van der Waals surface area contributed by atoms with Gasteiger partial charge in [-0.05, 0) is 75.3 Å². The average Bonchev–Trinajstić information content (AvgIpc) is 3.52. The number of nitrogens with zero attached hydrogens (tertiary/aromatic N) is 6. The van der Waals surface area contributed by atoms with Gasteiger partial charge < -0.3 is 31.2 Å². The van der Waals surface area contributed by atoms with Gasteiger partial charge in [0, 0.05) is 85.2 Å². The van der Waals surface area contributed by atoms with Crippen molar-refractivity contribution in [3.8, 4) is 0 Å². The molecule has 2 saturated heterocycles. The van der Waals surface area contributed by atoms with Crippen LogP contribution in [0, 0.1) is 5.41 Å². The first-order valence-electron chi connectivity index (χ1n) is 18.5. The molecule has 272 valence electrons. The number of hydrogen-bond donors (Lipinski definition) is 5. The lowest BCUT2D eigenvalue weighted by Crippen LogP contribution is -2.52. The third kappa shape index (κ3) is 7.39. The molecule has 53 heavy (non-hydrogen) atoms. The van der Waals surface area contributed by atoms with Gasteiger partial charge in [0.05, 0.1) is 22.9 Å². The maximum atomic E-state index is 13.3. The van der Waals surface area contributed by atoms with E-state index in [1.807, 2.05) is 60.9 Å². The first-order chi connectivity index (χ1) is 25.9. The van der Waals surface area contributed by atoms with Crippen molar-refractivity contribution in [3.05, 3.63) is 83.9 Å². The predicted molar refractivity (Wildman–Crippen MR) is 202 cm³/mol. The van der Waals surface area contributed by atoms with Gasteiger partial charge in [-0.2, -0.15) is 4.98 Å². The summed E-state index contributed by atoms with van der Waals surface area (Å²) < 4.78 is 0. The van der Waals surface area contributed by atoms with Crippen LogP contribution in [0.5, 0.6) is 0 Å². The van der Waals surface area contributed by atoms with E-state index in [9.17, 15) is 14.4 Å². The molecule has 0 bridgehead atoms. The molecule has 3 atom stereocenters. The molecule has 3 unspecified atom stereocenters. The number of carbonyl (C=O) groups excluding carboxylic acids is 3. The second-order valence-corrected chi connectivity index (χ2v) is 14.2. The second-order valence-electron chi connectivity index (χ2n) is 14.2. The summed E-state index contributed by atoms with van der Waals surface area (Å²) >= 11 is 0. The number of aromatic nitrogens is 4. The zero-order chi connectivity index (χ0) is 36.3. The Labute approximate surface area is 307 Å². The zero-order valence-corrected chi connectivity index (χ0v) is 29.4. The van der Waals surface area contributed by atoms with Crippen LogP contribution in [-0.4, -0.2) is 86.0 Å². The third-order valence-electron chi connectivity index (χ3n) is 10.8. The highest BCUT2D eigenvalue weighted by molar-refractivity contribution is 6.08. The van der Waals surface area contributed by atoms with E-state index in [-0.39, 0.29) is 36.4 Å². The number of allylic oxidation sites excluding steroid dienone is 1. The minimum Gasteiger partial charge on any atom is -0.387 e. The van der Waals surface area contributed by atoms with Gasteiger partial charge in [-0.15, -0.1) is 0 Å². The summed E-state index contributed by atoms with van der Waals surface area (Å²) in [6.07, 6.45) is 13.1. The molecular formula is C39H43N11O3. The predicted octanol–water partition coefficient (Wildman–Crippen LogP) is 4.27. The molecule has 5 heterocycles. The number of hydrogen-bond acceptors (Lipinski definition) is 12. The number of anilines is 3. The number of imide groups is 1. The molecule has 2 aromatic carbocycles. The standard InChI is InChI=1S/C39H43N11O3/c40-20-24(33-22-43-31-8-1-2-9-32(31)46-33)21-42-25-14-17-49(18-15-25)35-13-16-41-39(47-35)45-27-6-3-5-26(19-27)44-30-10-4-7-28-29(30)23-50(38(28)53)34-11-12-36(51)48-37(34)52/h1-2,4,7-10,13,16,20-22,25-27,34,40,42,44H,3,5-6,11-12,14-15,17-19,23H2,(H,41,45,47)(H,48,51,52)/b24-21+,40-20?. The molecular weight excluding hydrogens is 671 g/mol. The van der Waals surface area contributed by atoms with Crippen LogP contribution >= 0.6 is 0 Å². The molecule has 4 aliphatic rings. The molecule has 0 radical (unpaired) electrons. The summed E-state index contributed by atoms with van der Waals surface area (Å²) in [5, 5.41) is 21.2. The number of para-hydroxylation sites is 2. The van der Waals surface area contributed by atoms with Gasteiger partial charge in [-0.25, -0.2) is 9.97 Å². The normalized spacial score (nSPS) is 22.4. The van der Waals surface area contributed by atoms with Gasteiger partial charge in [0.25, 0.3) is 5.91 Å². The Bertz CT molecular complexity index is 2080. The highest BCUT2D eigenvalue weighted by Gasteiger charge is 2.40. The summed E-state index contributed by atoms with van der Waals surface area (Å²) in [4.78, 5) is 60.1. The van der Waals surface area contributed by atoms with E-state index in [1.54, 1.807) is 11.1 Å². The maximum Gasteiger partial charge on any atom is 0.255 e. The molecule has 1 aliphatic carbocycles. The lowest BCUT2D eigenvalue weighted by Gasteiger charge is -2.34. The van der Waals surface area contributed by atoms with Gasteiger partial charge in [0.2, 0.25) is 17.8 Å². The van der Waals surface area contributed by atoms with Crippen LogP contribution in [0.4, 0.5) is 17.5 Å². The minimum absolute atomic E-state index is 0.167. The summed E-state index contributed by atoms with van der Waals surface area (Å²) in [7, 11) is 0. The van der Waals surface area contributed by atoms with E-state index in [1.165, 1.54) is 6.21 Å². The van der Waals surface area contributed by atoms with Crippen LogP contribution in [0.2, 0.25) is 0 Å². The molecule has 1 saturated carbocycles. The monoisotopic (exact) mass is 713 g/mol. The maximum absolute atomic E-state index is 13.3. The van der Waals surface area contributed by atoms with Crippen molar-refractivity contribution >= 4 is 58.0 Å². The Morgan fingerprint density at radius 3 is 2.49 bits per heavy atom. The number of benzene rings is 2. The molecule has 4 aromatic rings. The van der Waals surface area contributed by atoms with E-state index in [0.29, 0.717) is 35.7 Å². The first kappa shape index (κ1) is 34.2. The van der Waals surface area contributed by atoms with Crippen LogP contribution in [0.1, 0.15) is 73.0 Å². The number of nitrogens with one attached hydrogen (secondary N) is 5. The van der Waals surface area contributed by atoms with Crippen molar-refractivity contribution in [1.29, 1.82) is 5.41 Å². The van der Waals surface area contributed by atoms with Crippen molar-refractivity contribution in [1.82, 2.24) is 35.5 Å². The fourth-order valence-corrected chi connectivity index (χ4v) is 7.94. The van der Waals surface area contributed by atoms with E-state index in [0.717, 1.165) is 79.7 Å². The van der Waals surface area contributed by atoms with E-state index in [4.69, 9.17) is 10.4 Å². The van der Waals surface area contributed by atoms with E-state index < -0.39 is 11.9 Å². The van der Waals surface area contributed by atoms with Crippen LogP contribution in [-0.2, 0) is 16.1 Å². The molecule has 14 heteroatoms. The van der Waals surface area contributed by atoms with Crippen LogP contribution in [0.3, 0.4) is 0 Å². The lowest BCUT2D eigenvalue weighted by molar-refractivity contribution is -0.136. The molecule has 3 aliphatic heterocycles. The number of amides is 3. The van der Waals surface area contributed by atoms with E-state index in [2.05, 4.69) is 41.1 Å². The quantitative estimate of drug-likeness (QED) is 0.117. The molecule has 5 N–H and O–H groups in total. The molecule has 3 amide bonds. The molecule has 0 spiro atoms.